The molecule has 2 aromatic rings. The third-order valence-corrected chi connectivity index (χ3v) is 4.83. The fraction of sp³-hybridized carbons (Fsp3) is 0.333. The summed E-state index contributed by atoms with van der Waals surface area (Å²) in [5.41, 5.74) is 1.05. The summed E-state index contributed by atoms with van der Waals surface area (Å²) in [6.45, 7) is 3.64. The van der Waals surface area contributed by atoms with E-state index >= 15 is 0 Å². The predicted octanol–water partition coefficient (Wildman–Crippen LogP) is 0.800. The van der Waals surface area contributed by atoms with Gasteiger partial charge in [-0.2, -0.15) is 4.31 Å². The van der Waals surface area contributed by atoms with Crippen LogP contribution in [0.15, 0.2) is 32.5 Å². The molecule has 8 heteroatoms. The molecule has 0 saturated carbocycles. The van der Waals surface area contributed by atoms with E-state index in [0.29, 0.717) is 11.5 Å². The number of sulfonamides is 1. The van der Waals surface area contributed by atoms with Gasteiger partial charge >= 0.3 is 0 Å². The van der Waals surface area contributed by atoms with Gasteiger partial charge in [0, 0.05) is 31.4 Å². The minimum Gasteiger partial charge on any atom is -0.361 e. The van der Waals surface area contributed by atoms with E-state index in [1.54, 1.807) is 13.8 Å². The van der Waals surface area contributed by atoms with Crippen molar-refractivity contribution in [3.63, 3.8) is 0 Å². The first-order valence-corrected chi connectivity index (χ1v) is 7.33. The molecule has 0 radical (unpaired) electrons. The first-order valence-electron chi connectivity index (χ1n) is 5.89. The third-order valence-electron chi connectivity index (χ3n) is 3.03. The first kappa shape index (κ1) is 14.5. The number of pyridine rings is 1. The van der Waals surface area contributed by atoms with E-state index in [4.69, 9.17) is 4.52 Å². The smallest absolute Gasteiger partial charge is 0.247 e. The lowest BCUT2D eigenvalue weighted by Gasteiger charge is -2.16. The highest BCUT2D eigenvalue weighted by atomic mass is 32.2. The second kappa shape index (κ2) is 5.22. The van der Waals surface area contributed by atoms with Crippen molar-refractivity contribution < 1.29 is 12.9 Å². The molecule has 0 saturated heterocycles. The molecule has 2 aromatic heterocycles. The van der Waals surface area contributed by atoms with Crippen LogP contribution in [0.2, 0.25) is 0 Å². The number of hydrogen-bond acceptors (Lipinski definition) is 5. The van der Waals surface area contributed by atoms with Gasteiger partial charge in [-0.25, -0.2) is 8.42 Å². The van der Waals surface area contributed by atoms with E-state index in [9.17, 15) is 13.2 Å². The Morgan fingerprint density at radius 3 is 2.55 bits per heavy atom. The van der Waals surface area contributed by atoms with Gasteiger partial charge in [0.1, 0.15) is 5.76 Å². The van der Waals surface area contributed by atoms with Crippen LogP contribution in [-0.2, 0) is 16.6 Å². The van der Waals surface area contributed by atoms with Crippen molar-refractivity contribution in [2.45, 2.75) is 25.3 Å². The summed E-state index contributed by atoms with van der Waals surface area (Å²) in [5.74, 6) is 0.589. The molecule has 7 nitrogen and oxygen atoms in total. The lowest BCUT2D eigenvalue weighted by Crippen LogP contribution is -2.27. The van der Waals surface area contributed by atoms with Crippen molar-refractivity contribution in [2.24, 2.45) is 0 Å². The highest BCUT2D eigenvalue weighted by molar-refractivity contribution is 7.89. The third kappa shape index (κ3) is 2.66. The number of nitrogens with one attached hydrogen (secondary N) is 1. The Kier molecular flexibility index (Phi) is 3.78. The van der Waals surface area contributed by atoms with Gasteiger partial charge in [0.05, 0.1) is 10.6 Å². The molecule has 0 spiro atoms. The molecule has 0 aliphatic heterocycles. The largest absolute Gasteiger partial charge is 0.361 e. The molecule has 1 N–H and O–H groups in total. The van der Waals surface area contributed by atoms with Gasteiger partial charge in [0.25, 0.3) is 0 Å². The van der Waals surface area contributed by atoms with Gasteiger partial charge < -0.3 is 9.51 Å². The molecule has 0 amide bonds. The zero-order valence-electron chi connectivity index (χ0n) is 11.4. The van der Waals surface area contributed by atoms with Crippen molar-refractivity contribution >= 4 is 10.0 Å². The van der Waals surface area contributed by atoms with Crippen molar-refractivity contribution in [1.29, 1.82) is 0 Å². The zero-order valence-corrected chi connectivity index (χ0v) is 12.2. The Labute approximate surface area is 116 Å². The van der Waals surface area contributed by atoms with Crippen molar-refractivity contribution in [3.05, 3.63) is 45.7 Å². The summed E-state index contributed by atoms with van der Waals surface area (Å²) in [6.07, 6.45) is 1.18. The Morgan fingerprint density at radius 2 is 2.05 bits per heavy atom. The van der Waals surface area contributed by atoms with Crippen LogP contribution in [0.3, 0.4) is 0 Å². The summed E-state index contributed by atoms with van der Waals surface area (Å²) in [5, 5.41) is 3.79. The molecule has 0 atom stereocenters. The molecule has 0 aliphatic carbocycles. The predicted molar refractivity (Wildman–Crippen MR) is 71.7 cm³/mol. The topological polar surface area (TPSA) is 96.3 Å². The molecule has 0 unspecified atom stereocenters. The summed E-state index contributed by atoms with van der Waals surface area (Å²) in [7, 11) is -2.21. The average molecular weight is 297 g/mol. The Hall–Kier alpha value is -1.93. The molecule has 108 valence electrons. The van der Waals surface area contributed by atoms with Gasteiger partial charge in [0.15, 0.2) is 0 Å². The quantitative estimate of drug-likeness (QED) is 0.900. The van der Waals surface area contributed by atoms with Gasteiger partial charge in [-0.05, 0) is 19.9 Å². The Balaban J connectivity index is 2.30. The molecule has 0 aliphatic rings. The van der Waals surface area contributed by atoms with Crippen molar-refractivity contribution in [1.82, 2.24) is 14.4 Å². The van der Waals surface area contributed by atoms with Crippen LogP contribution in [0.5, 0.6) is 0 Å². The summed E-state index contributed by atoms with van der Waals surface area (Å²) in [6, 6.07) is 2.45. The fourth-order valence-corrected chi connectivity index (χ4v) is 2.88. The minimum atomic E-state index is -3.67. The van der Waals surface area contributed by atoms with E-state index in [2.05, 4.69) is 10.1 Å². The lowest BCUT2D eigenvalue weighted by molar-refractivity contribution is 0.390. The van der Waals surface area contributed by atoms with E-state index in [-0.39, 0.29) is 17.0 Å². The standard InChI is InChI=1S/C12H15N3O4S/c1-8-11(9(2)19-14-8)7-15(3)20(17,18)10-4-5-12(16)13-6-10/h4-6H,7H2,1-3H3,(H,13,16). The number of aromatic nitrogens is 2. The average Bonchev–Trinajstić information content (AvgIpc) is 2.71. The van der Waals surface area contributed by atoms with Crippen LogP contribution in [0.4, 0.5) is 0 Å². The van der Waals surface area contributed by atoms with Crippen LogP contribution in [0.1, 0.15) is 17.0 Å². The monoisotopic (exact) mass is 297 g/mol. The second-order valence-electron chi connectivity index (χ2n) is 4.45. The minimum absolute atomic E-state index is 0.0337. The first-order chi connectivity index (χ1) is 9.32. The molecule has 0 fully saturated rings. The number of hydrogen-bond donors (Lipinski definition) is 1. The van der Waals surface area contributed by atoms with E-state index < -0.39 is 10.0 Å². The maximum atomic E-state index is 12.3. The van der Waals surface area contributed by atoms with Gasteiger partial charge in [-0.1, -0.05) is 5.16 Å². The molecular formula is C12H15N3O4S. The molecule has 2 rings (SSSR count). The summed E-state index contributed by atoms with van der Waals surface area (Å²) < 4.78 is 30.9. The van der Waals surface area contributed by atoms with Crippen LogP contribution in [-0.4, -0.2) is 29.9 Å². The van der Waals surface area contributed by atoms with Crippen molar-refractivity contribution in [2.75, 3.05) is 7.05 Å². The molecule has 0 aromatic carbocycles. The number of aryl methyl sites for hydroxylation is 2. The molecular weight excluding hydrogens is 282 g/mol. The number of nitrogens with zero attached hydrogens (tertiary/aromatic N) is 2. The molecule has 20 heavy (non-hydrogen) atoms. The Morgan fingerprint density at radius 1 is 1.35 bits per heavy atom. The van der Waals surface area contributed by atoms with Crippen LogP contribution in [0.25, 0.3) is 0 Å². The molecule has 2 heterocycles. The highest BCUT2D eigenvalue weighted by Crippen LogP contribution is 2.19. The normalized spacial score (nSPS) is 12.0. The van der Waals surface area contributed by atoms with Crippen LogP contribution >= 0.6 is 0 Å². The van der Waals surface area contributed by atoms with E-state index in [0.717, 1.165) is 5.56 Å². The maximum Gasteiger partial charge on any atom is 0.247 e. The number of rotatable bonds is 4. The summed E-state index contributed by atoms with van der Waals surface area (Å²) >= 11 is 0. The fourth-order valence-electron chi connectivity index (χ4n) is 1.77. The highest BCUT2D eigenvalue weighted by Gasteiger charge is 2.23. The van der Waals surface area contributed by atoms with E-state index in [1.807, 2.05) is 0 Å². The van der Waals surface area contributed by atoms with Crippen LogP contribution in [0, 0.1) is 13.8 Å². The zero-order chi connectivity index (χ0) is 14.9. The lowest BCUT2D eigenvalue weighted by atomic mass is 10.2. The molecule has 0 bridgehead atoms. The van der Waals surface area contributed by atoms with E-state index in [1.165, 1.54) is 29.7 Å². The Bertz CT molecular complexity index is 736. The van der Waals surface area contributed by atoms with Gasteiger partial charge in [0.2, 0.25) is 15.6 Å². The number of aromatic amines is 1. The van der Waals surface area contributed by atoms with Crippen LogP contribution < -0.4 is 5.56 Å². The van der Waals surface area contributed by atoms with Crippen molar-refractivity contribution in [3.8, 4) is 0 Å². The number of H-pyrrole nitrogens is 1. The SMILES string of the molecule is Cc1noc(C)c1CN(C)S(=O)(=O)c1ccc(=O)[nH]c1. The van der Waals surface area contributed by atoms with Gasteiger partial charge in [-0.3, -0.25) is 4.79 Å². The second-order valence-corrected chi connectivity index (χ2v) is 6.50. The van der Waals surface area contributed by atoms with Gasteiger partial charge in [-0.15, -0.1) is 0 Å². The summed E-state index contributed by atoms with van der Waals surface area (Å²) in [4.78, 5) is 13.4. The maximum absolute atomic E-state index is 12.3.